The third-order valence-electron chi connectivity index (χ3n) is 6.04. The number of carbonyl (C=O) groups is 3. The van der Waals surface area contributed by atoms with Crippen LogP contribution in [0.25, 0.3) is 0 Å². The molecule has 1 aliphatic heterocycles. The van der Waals surface area contributed by atoms with Gasteiger partial charge in [0.1, 0.15) is 11.9 Å². The highest BCUT2D eigenvalue weighted by molar-refractivity contribution is 6.01. The lowest BCUT2D eigenvalue weighted by atomic mass is 10.1. The number of benzene rings is 1. The van der Waals surface area contributed by atoms with Crippen LogP contribution in [0.1, 0.15) is 63.1 Å². The van der Waals surface area contributed by atoms with E-state index in [0.717, 1.165) is 29.5 Å². The molecule has 2 rings (SSSR count). The number of amidine groups is 2. The summed E-state index contributed by atoms with van der Waals surface area (Å²) in [5.41, 5.74) is 8.45. The van der Waals surface area contributed by atoms with Crippen LogP contribution in [0, 0.1) is 6.92 Å². The highest BCUT2D eigenvalue weighted by Crippen LogP contribution is 2.13. The molecule has 0 bridgehead atoms. The fourth-order valence-corrected chi connectivity index (χ4v) is 4.33. The predicted molar refractivity (Wildman–Crippen MR) is 146 cm³/mol. The summed E-state index contributed by atoms with van der Waals surface area (Å²) in [6.07, 6.45) is 1.78. The van der Waals surface area contributed by atoms with Gasteiger partial charge in [0, 0.05) is 31.6 Å². The zero-order valence-electron chi connectivity index (χ0n) is 22.8. The maximum Gasteiger partial charge on any atom is 0.320 e. The van der Waals surface area contributed by atoms with Crippen molar-refractivity contribution in [1.82, 2.24) is 26.0 Å². The van der Waals surface area contributed by atoms with E-state index >= 15 is 0 Å². The smallest absolute Gasteiger partial charge is 0.320 e. The minimum absolute atomic E-state index is 0.0653. The van der Waals surface area contributed by atoms with Crippen LogP contribution < -0.4 is 16.2 Å². The molecule has 0 aliphatic carbocycles. The van der Waals surface area contributed by atoms with E-state index in [0.29, 0.717) is 44.4 Å². The van der Waals surface area contributed by atoms with E-state index in [4.69, 9.17) is 5.11 Å². The number of aryl methyl sites for hydroxylation is 1. The van der Waals surface area contributed by atoms with Gasteiger partial charge in [0.2, 0.25) is 5.91 Å². The number of hydrogen-bond acceptors (Lipinski definition) is 9. The second-order valence-corrected chi connectivity index (χ2v) is 9.46. The van der Waals surface area contributed by atoms with Crippen LogP contribution in [-0.4, -0.2) is 88.3 Å². The molecule has 1 unspecified atom stereocenters. The highest BCUT2D eigenvalue weighted by atomic mass is 16.4. The molecule has 5 N–H and O–H groups in total. The first-order valence-corrected chi connectivity index (χ1v) is 13.1. The molecular weight excluding hydrogens is 490 g/mol. The normalized spacial score (nSPS) is 13.8. The standard InChI is InChI=1S/C26H41N7O5/c1-5-9-32(17-24(35)36)11-12-33(10-6-2)22(26(37)38)7-8-23(34)27-16-20-13-18(3)14-21(15-20)25-30-28-19(4)29-31-25/h13-15,22H,5-12,16-17H2,1-4H3,(H,27,34)(H,28,29)(H,30,31)(H,35,36)(H,37,38). The maximum atomic E-state index is 12.6. The van der Waals surface area contributed by atoms with Gasteiger partial charge in [-0.15, -0.1) is 0 Å². The SMILES string of the molecule is CCCN(CCN(CCC)C(CCC(=O)NCc1cc(C)cc(C2=NNC(C)=NN2)c1)C(=O)O)CC(=O)O. The molecule has 38 heavy (non-hydrogen) atoms. The number of hydrazone groups is 2. The molecule has 1 atom stereocenters. The first-order valence-electron chi connectivity index (χ1n) is 13.1. The number of hydrogen-bond donors (Lipinski definition) is 5. The second kappa shape index (κ2) is 15.7. The van der Waals surface area contributed by atoms with Gasteiger partial charge in [-0.1, -0.05) is 25.5 Å². The van der Waals surface area contributed by atoms with Gasteiger partial charge in [0.25, 0.3) is 0 Å². The Hall–Kier alpha value is -3.51. The Morgan fingerprint density at radius 2 is 1.71 bits per heavy atom. The maximum absolute atomic E-state index is 12.6. The third-order valence-corrected chi connectivity index (χ3v) is 6.04. The Morgan fingerprint density at radius 1 is 0.974 bits per heavy atom. The van der Waals surface area contributed by atoms with Gasteiger partial charge in [0.05, 0.1) is 6.54 Å². The van der Waals surface area contributed by atoms with Crippen LogP contribution >= 0.6 is 0 Å². The minimum atomic E-state index is -0.984. The molecule has 210 valence electrons. The number of aliphatic carboxylic acids is 2. The van der Waals surface area contributed by atoms with E-state index in [1.54, 1.807) is 6.92 Å². The molecule has 12 nitrogen and oxygen atoms in total. The number of nitrogens with one attached hydrogen (secondary N) is 3. The van der Waals surface area contributed by atoms with Crippen molar-refractivity contribution in [1.29, 1.82) is 0 Å². The molecule has 1 amide bonds. The first kappa shape index (κ1) is 30.7. The van der Waals surface area contributed by atoms with E-state index in [9.17, 15) is 19.5 Å². The number of nitrogens with zero attached hydrogens (tertiary/aromatic N) is 4. The van der Waals surface area contributed by atoms with Crippen molar-refractivity contribution in [3.8, 4) is 0 Å². The number of carboxylic acid groups (broad SMARTS) is 2. The highest BCUT2D eigenvalue weighted by Gasteiger charge is 2.26. The van der Waals surface area contributed by atoms with E-state index in [1.165, 1.54) is 0 Å². The lowest BCUT2D eigenvalue weighted by molar-refractivity contribution is -0.144. The van der Waals surface area contributed by atoms with Gasteiger partial charge in [-0.2, -0.15) is 10.2 Å². The molecule has 1 heterocycles. The van der Waals surface area contributed by atoms with Crippen molar-refractivity contribution in [3.05, 3.63) is 34.9 Å². The molecule has 0 fully saturated rings. The first-order chi connectivity index (χ1) is 18.1. The predicted octanol–water partition coefficient (Wildman–Crippen LogP) is 1.54. The van der Waals surface area contributed by atoms with Crippen LogP contribution in [0.15, 0.2) is 28.4 Å². The van der Waals surface area contributed by atoms with Gasteiger partial charge < -0.3 is 15.5 Å². The van der Waals surface area contributed by atoms with Crippen LogP contribution in [0.3, 0.4) is 0 Å². The van der Waals surface area contributed by atoms with Crippen LogP contribution in [0.5, 0.6) is 0 Å². The Bertz CT molecular complexity index is 1030. The molecule has 0 saturated heterocycles. The average molecular weight is 532 g/mol. The van der Waals surface area contributed by atoms with Crippen molar-refractivity contribution >= 4 is 29.5 Å². The summed E-state index contributed by atoms with van der Waals surface area (Å²) in [5, 5.41) is 30.3. The third kappa shape index (κ3) is 10.5. The largest absolute Gasteiger partial charge is 0.480 e. The minimum Gasteiger partial charge on any atom is -0.480 e. The summed E-state index contributed by atoms with van der Waals surface area (Å²) < 4.78 is 0. The Labute approximate surface area is 224 Å². The molecule has 0 radical (unpaired) electrons. The number of carbonyl (C=O) groups excluding carboxylic acids is 1. The lowest BCUT2D eigenvalue weighted by Crippen LogP contribution is -2.46. The summed E-state index contributed by atoms with van der Waals surface area (Å²) in [7, 11) is 0. The van der Waals surface area contributed by atoms with E-state index < -0.39 is 18.0 Å². The monoisotopic (exact) mass is 531 g/mol. The number of rotatable bonds is 17. The zero-order valence-corrected chi connectivity index (χ0v) is 22.8. The molecular formula is C26H41N7O5. The summed E-state index contributed by atoms with van der Waals surface area (Å²) in [5.74, 6) is -0.889. The van der Waals surface area contributed by atoms with Gasteiger partial charge in [0.15, 0.2) is 5.84 Å². The molecule has 1 aliphatic rings. The van der Waals surface area contributed by atoms with Crippen LogP contribution in [0.4, 0.5) is 0 Å². The average Bonchev–Trinajstić information content (AvgIpc) is 2.85. The molecule has 12 heteroatoms. The van der Waals surface area contributed by atoms with Gasteiger partial charge in [-0.25, -0.2) is 0 Å². The Kier molecular flexibility index (Phi) is 12.7. The van der Waals surface area contributed by atoms with Gasteiger partial charge >= 0.3 is 11.9 Å². The summed E-state index contributed by atoms with van der Waals surface area (Å²) in [6, 6.07) is 5.02. The van der Waals surface area contributed by atoms with Crippen molar-refractivity contribution < 1.29 is 24.6 Å². The van der Waals surface area contributed by atoms with Crippen molar-refractivity contribution in [2.24, 2.45) is 10.2 Å². The second-order valence-electron chi connectivity index (χ2n) is 9.46. The van der Waals surface area contributed by atoms with Gasteiger partial charge in [-0.05, 0) is 63.9 Å². The fraction of sp³-hybridized carbons (Fsp3) is 0.577. The molecule has 1 aromatic rings. The Balaban J connectivity index is 1.95. The molecule has 0 aromatic heterocycles. The van der Waals surface area contributed by atoms with Gasteiger partial charge in [-0.3, -0.25) is 35.0 Å². The topological polar surface area (TPSA) is 159 Å². The van der Waals surface area contributed by atoms with Crippen LogP contribution in [-0.2, 0) is 20.9 Å². The zero-order chi connectivity index (χ0) is 28.1. The Morgan fingerprint density at radius 3 is 2.32 bits per heavy atom. The molecule has 1 aromatic carbocycles. The summed E-state index contributed by atoms with van der Waals surface area (Å²) in [6.45, 7) is 9.95. The fourth-order valence-electron chi connectivity index (χ4n) is 4.33. The number of carboxylic acids is 2. The molecule has 0 saturated carbocycles. The van der Waals surface area contributed by atoms with E-state index in [-0.39, 0.29) is 25.3 Å². The molecule has 0 spiro atoms. The van der Waals surface area contributed by atoms with Crippen LogP contribution in [0.2, 0.25) is 0 Å². The van der Waals surface area contributed by atoms with Crippen molar-refractivity contribution in [3.63, 3.8) is 0 Å². The number of amides is 1. The summed E-state index contributed by atoms with van der Waals surface area (Å²) in [4.78, 5) is 39.5. The lowest BCUT2D eigenvalue weighted by Gasteiger charge is -2.31. The van der Waals surface area contributed by atoms with Crippen molar-refractivity contribution in [2.45, 2.75) is 66.0 Å². The van der Waals surface area contributed by atoms with Crippen molar-refractivity contribution in [2.75, 3.05) is 32.7 Å². The quantitative estimate of drug-likeness (QED) is 0.201. The summed E-state index contributed by atoms with van der Waals surface area (Å²) >= 11 is 0. The van der Waals surface area contributed by atoms with E-state index in [1.807, 2.05) is 48.8 Å². The van der Waals surface area contributed by atoms with E-state index in [2.05, 4.69) is 26.4 Å².